The van der Waals surface area contributed by atoms with Crippen LogP contribution in [0.4, 0.5) is 0 Å². The van der Waals surface area contributed by atoms with Gasteiger partial charge in [0.2, 0.25) is 5.91 Å². The quantitative estimate of drug-likeness (QED) is 0.443. The minimum Gasteiger partial charge on any atom is -0.462 e. The number of halogens is 1. The number of nitrogens with one attached hydrogen (secondary N) is 3. The number of benzene rings is 1. The molecule has 124 valence electrons. The normalized spacial score (nSPS) is 10.4. The summed E-state index contributed by atoms with van der Waals surface area (Å²) in [4.78, 5) is 23.6. The number of aryl methyl sites for hydroxylation is 1. The molecule has 0 atom stereocenters. The molecule has 0 fully saturated rings. The Morgan fingerprint density at radius 3 is 2.67 bits per heavy atom. The monoisotopic (exact) mass is 363 g/mol. The summed E-state index contributed by atoms with van der Waals surface area (Å²) >= 11 is 10.7. The SMILES string of the molecule is Cc1ccc(C=CC(=O)NC(=S)NNC(=O)c2cccc(Cl)c2)o1. The molecule has 0 spiro atoms. The van der Waals surface area contributed by atoms with Crippen LogP contribution >= 0.6 is 23.8 Å². The Hall–Kier alpha value is -2.64. The molecule has 0 radical (unpaired) electrons. The van der Waals surface area contributed by atoms with E-state index in [4.69, 9.17) is 28.2 Å². The largest absolute Gasteiger partial charge is 0.462 e. The Balaban J connectivity index is 1.79. The highest BCUT2D eigenvalue weighted by Gasteiger charge is 2.07. The fourth-order valence-corrected chi connectivity index (χ4v) is 2.04. The zero-order valence-corrected chi connectivity index (χ0v) is 14.2. The van der Waals surface area contributed by atoms with Crippen molar-refractivity contribution < 1.29 is 14.0 Å². The van der Waals surface area contributed by atoms with Gasteiger partial charge in [0.05, 0.1) is 0 Å². The maximum Gasteiger partial charge on any atom is 0.269 e. The molecular formula is C16H14ClN3O3S. The molecule has 0 saturated heterocycles. The molecule has 0 bridgehead atoms. The topological polar surface area (TPSA) is 83.4 Å². The lowest BCUT2D eigenvalue weighted by Gasteiger charge is -2.09. The lowest BCUT2D eigenvalue weighted by atomic mass is 10.2. The van der Waals surface area contributed by atoms with Crippen LogP contribution in [0.2, 0.25) is 5.02 Å². The van der Waals surface area contributed by atoms with E-state index >= 15 is 0 Å². The molecule has 0 unspecified atom stereocenters. The van der Waals surface area contributed by atoms with Crippen LogP contribution in [0.1, 0.15) is 21.9 Å². The fourth-order valence-electron chi connectivity index (χ4n) is 1.70. The molecule has 1 aromatic carbocycles. The predicted molar refractivity (Wildman–Crippen MR) is 95.3 cm³/mol. The van der Waals surface area contributed by atoms with Gasteiger partial charge >= 0.3 is 0 Å². The molecule has 0 aliphatic rings. The number of carbonyl (C=O) groups excluding carboxylic acids is 2. The highest BCUT2D eigenvalue weighted by molar-refractivity contribution is 7.80. The van der Waals surface area contributed by atoms with Crippen LogP contribution in [-0.4, -0.2) is 16.9 Å². The van der Waals surface area contributed by atoms with E-state index in [0.717, 1.165) is 5.76 Å². The molecule has 2 aromatic rings. The lowest BCUT2D eigenvalue weighted by molar-refractivity contribution is -0.115. The van der Waals surface area contributed by atoms with Gasteiger partial charge in [0.25, 0.3) is 5.91 Å². The van der Waals surface area contributed by atoms with Crippen LogP contribution in [0.25, 0.3) is 6.08 Å². The number of thiocarbonyl (C=S) groups is 1. The van der Waals surface area contributed by atoms with Crippen molar-refractivity contribution in [3.63, 3.8) is 0 Å². The average molecular weight is 364 g/mol. The second kappa shape index (κ2) is 8.28. The minimum atomic E-state index is -0.460. The van der Waals surface area contributed by atoms with Crippen molar-refractivity contribution in [3.8, 4) is 0 Å². The van der Waals surface area contributed by atoms with Gasteiger partial charge in [0, 0.05) is 16.7 Å². The van der Waals surface area contributed by atoms with E-state index < -0.39 is 11.8 Å². The van der Waals surface area contributed by atoms with Gasteiger partial charge in [-0.15, -0.1) is 0 Å². The summed E-state index contributed by atoms with van der Waals surface area (Å²) in [5, 5.41) is 2.78. The Labute approximate surface area is 148 Å². The molecule has 3 N–H and O–H groups in total. The van der Waals surface area contributed by atoms with Crippen LogP contribution in [0.5, 0.6) is 0 Å². The Morgan fingerprint density at radius 1 is 1.21 bits per heavy atom. The molecule has 0 aliphatic carbocycles. The number of hydrogen-bond donors (Lipinski definition) is 3. The highest BCUT2D eigenvalue weighted by atomic mass is 35.5. The first-order valence-corrected chi connectivity index (χ1v) is 7.64. The molecule has 2 amide bonds. The summed E-state index contributed by atoms with van der Waals surface area (Å²) in [5.74, 6) is 0.404. The smallest absolute Gasteiger partial charge is 0.269 e. The number of hydrogen-bond acceptors (Lipinski definition) is 4. The van der Waals surface area contributed by atoms with Crippen molar-refractivity contribution in [2.24, 2.45) is 0 Å². The molecule has 8 heteroatoms. The van der Waals surface area contributed by atoms with E-state index in [-0.39, 0.29) is 5.11 Å². The van der Waals surface area contributed by atoms with E-state index in [1.807, 2.05) is 0 Å². The van der Waals surface area contributed by atoms with Gasteiger partial charge in [0.15, 0.2) is 5.11 Å². The van der Waals surface area contributed by atoms with Crippen molar-refractivity contribution in [3.05, 3.63) is 64.6 Å². The second-order valence-electron chi connectivity index (χ2n) is 4.69. The lowest BCUT2D eigenvalue weighted by Crippen LogP contribution is -2.48. The van der Waals surface area contributed by atoms with Gasteiger partial charge in [-0.25, -0.2) is 0 Å². The van der Waals surface area contributed by atoms with Crippen molar-refractivity contribution in [1.29, 1.82) is 0 Å². The zero-order chi connectivity index (χ0) is 17.5. The summed E-state index contributed by atoms with van der Waals surface area (Å²) in [5.41, 5.74) is 5.15. The molecule has 1 heterocycles. The van der Waals surface area contributed by atoms with Gasteiger partial charge in [0.1, 0.15) is 11.5 Å². The molecule has 0 saturated carbocycles. The third-order valence-corrected chi connectivity index (χ3v) is 3.21. The first-order chi connectivity index (χ1) is 11.4. The van der Waals surface area contributed by atoms with Crippen molar-refractivity contribution in [1.82, 2.24) is 16.2 Å². The second-order valence-corrected chi connectivity index (χ2v) is 5.53. The Bertz CT molecular complexity index is 801. The van der Waals surface area contributed by atoms with Crippen LogP contribution < -0.4 is 16.2 Å². The molecule has 0 aliphatic heterocycles. The maximum absolute atomic E-state index is 11.9. The van der Waals surface area contributed by atoms with Crippen LogP contribution in [0.3, 0.4) is 0 Å². The third-order valence-electron chi connectivity index (χ3n) is 2.77. The third kappa shape index (κ3) is 5.53. The van der Waals surface area contributed by atoms with E-state index in [9.17, 15) is 9.59 Å². The Morgan fingerprint density at radius 2 is 2.00 bits per heavy atom. The van der Waals surface area contributed by atoms with Gasteiger partial charge in [-0.1, -0.05) is 17.7 Å². The summed E-state index contributed by atoms with van der Waals surface area (Å²) in [6.45, 7) is 1.80. The number of hydrazine groups is 1. The Kier molecular flexibility index (Phi) is 6.11. The van der Waals surface area contributed by atoms with E-state index in [1.54, 1.807) is 37.3 Å². The van der Waals surface area contributed by atoms with Crippen LogP contribution in [0, 0.1) is 6.92 Å². The summed E-state index contributed by atoms with van der Waals surface area (Å²) in [6, 6.07) is 9.94. The highest BCUT2D eigenvalue weighted by Crippen LogP contribution is 2.10. The number of amides is 2. The number of carbonyl (C=O) groups is 2. The van der Waals surface area contributed by atoms with Crippen LogP contribution in [-0.2, 0) is 4.79 Å². The molecule has 24 heavy (non-hydrogen) atoms. The van der Waals surface area contributed by atoms with Crippen molar-refractivity contribution >= 4 is 46.8 Å². The van der Waals surface area contributed by atoms with Gasteiger partial charge in [-0.2, -0.15) is 0 Å². The van der Waals surface area contributed by atoms with Crippen LogP contribution in [0.15, 0.2) is 46.9 Å². The maximum atomic E-state index is 11.9. The first kappa shape index (κ1) is 17.7. The molecule has 2 rings (SSSR count). The fraction of sp³-hybridized carbons (Fsp3) is 0.0625. The average Bonchev–Trinajstić information content (AvgIpc) is 2.96. The number of furan rings is 1. The van der Waals surface area contributed by atoms with Crippen molar-refractivity contribution in [2.45, 2.75) is 6.92 Å². The summed E-state index contributed by atoms with van der Waals surface area (Å²) in [7, 11) is 0. The van der Waals surface area contributed by atoms with Gasteiger partial charge in [-0.05, 0) is 55.5 Å². The standard InChI is InChI=1S/C16H14ClN3O3S/c1-10-5-6-13(23-10)7-8-14(21)18-16(24)20-19-15(22)11-3-2-4-12(17)9-11/h2-9H,1H3,(H,19,22)(H2,18,20,21,24). The van der Waals surface area contributed by atoms with Gasteiger partial charge < -0.3 is 4.42 Å². The molecule has 6 nitrogen and oxygen atoms in total. The zero-order valence-electron chi connectivity index (χ0n) is 12.6. The minimum absolute atomic E-state index is 0.0457. The van der Waals surface area contributed by atoms with Crippen molar-refractivity contribution in [2.75, 3.05) is 0 Å². The van der Waals surface area contributed by atoms with E-state index in [1.165, 1.54) is 18.2 Å². The molecule has 1 aromatic heterocycles. The molecular weight excluding hydrogens is 350 g/mol. The van der Waals surface area contributed by atoms with E-state index in [2.05, 4.69) is 16.2 Å². The summed E-state index contributed by atoms with van der Waals surface area (Å²) < 4.78 is 5.29. The summed E-state index contributed by atoms with van der Waals surface area (Å²) in [6.07, 6.45) is 2.78. The first-order valence-electron chi connectivity index (χ1n) is 6.85. The number of rotatable bonds is 3. The van der Waals surface area contributed by atoms with E-state index in [0.29, 0.717) is 16.3 Å². The van der Waals surface area contributed by atoms with Gasteiger partial charge in [-0.3, -0.25) is 25.8 Å². The predicted octanol–water partition coefficient (Wildman–Crippen LogP) is 2.59.